The Morgan fingerprint density at radius 3 is 2.80 bits per heavy atom. The maximum Gasteiger partial charge on any atom is 0.255 e. The number of hydrogen-bond acceptors (Lipinski definition) is 3. The lowest BCUT2D eigenvalue weighted by Gasteiger charge is -2.12. The van der Waals surface area contributed by atoms with Crippen molar-refractivity contribution in [2.24, 2.45) is 5.92 Å². The number of rotatable bonds is 5. The average Bonchev–Trinajstić information content (AvgIpc) is 2.46. The molecular formula is C16H19NO3. The number of phenolic OH excluding ortho intramolecular Hbond substituents is 1. The SMILES string of the molecule is COCC(C)CNC(=O)c1ccc2ccccc2c1O. The van der Waals surface area contributed by atoms with Crippen molar-refractivity contribution < 1.29 is 14.6 Å². The van der Waals surface area contributed by atoms with E-state index in [-0.39, 0.29) is 17.6 Å². The van der Waals surface area contributed by atoms with Crippen molar-refractivity contribution in [2.45, 2.75) is 6.92 Å². The zero-order chi connectivity index (χ0) is 14.5. The Morgan fingerprint density at radius 2 is 2.05 bits per heavy atom. The van der Waals surface area contributed by atoms with Gasteiger partial charge in [0.05, 0.1) is 12.2 Å². The number of aromatic hydroxyl groups is 1. The molecule has 1 atom stereocenters. The number of methoxy groups -OCH3 is 1. The Kier molecular flexibility index (Phi) is 4.58. The summed E-state index contributed by atoms with van der Waals surface area (Å²) in [7, 11) is 1.63. The molecule has 2 rings (SSSR count). The number of carbonyl (C=O) groups excluding carboxylic acids is 1. The smallest absolute Gasteiger partial charge is 0.255 e. The third-order valence-electron chi connectivity index (χ3n) is 3.21. The number of hydrogen-bond donors (Lipinski definition) is 2. The predicted octanol–water partition coefficient (Wildman–Crippen LogP) is 2.56. The van der Waals surface area contributed by atoms with Crippen LogP contribution in [0.15, 0.2) is 36.4 Å². The van der Waals surface area contributed by atoms with E-state index in [0.717, 1.165) is 5.39 Å². The van der Waals surface area contributed by atoms with E-state index in [0.29, 0.717) is 24.1 Å². The first-order chi connectivity index (χ1) is 9.63. The lowest BCUT2D eigenvalue weighted by atomic mass is 10.0. The first kappa shape index (κ1) is 14.3. The summed E-state index contributed by atoms with van der Waals surface area (Å²) in [5.41, 5.74) is 0.299. The second-order valence-electron chi connectivity index (χ2n) is 4.95. The third kappa shape index (κ3) is 3.08. The van der Waals surface area contributed by atoms with Gasteiger partial charge in [0.15, 0.2) is 0 Å². The van der Waals surface area contributed by atoms with Crippen LogP contribution in [0, 0.1) is 5.92 Å². The summed E-state index contributed by atoms with van der Waals surface area (Å²) in [5.74, 6) is -0.0113. The van der Waals surface area contributed by atoms with Gasteiger partial charge in [0, 0.05) is 19.0 Å². The molecule has 106 valence electrons. The lowest BCUT2D eigenvalue weighted by molar-refractivity contribution is 0.0931. The van der Waals surface area contributed by atoms with Gasteiger partial charge in [0.1, 0.15) is 5.75 Å². The fourth-order valence-electron chi connectivity index (χ4n) is 2.14. The van der Waals surface area contributed by atoms with Gasteiger partial charge in [-0.25, -0.2) is 0 Å². The molecule has 2 aromatic carbocycles. The zero-order valence-corrected chi connectivity index (χ0v) is 11.7. The predicted molar refractivity (Wildman–Crippen MR) is 79.0 cm³/mol. The summed E-state index contributed by atoms with van der Waals surface area (Å²) in [6.07, 6.45) is 0. The van der Waals surface area contributed by atoms with E-state index >= 15 is 0 Å². The molecule has 0 fully saturated rings. The topological polar surface area (TPSA) is 58.6 Å². The van der Waals surface area contributed by atoms with Crippen molar-refractivity contribution in [1.29, 1.82) is 0 Å². The van der Waals surface area contributed by atoms with Crippen molar-refractivity contribution in [3.8, 4) is 5.75 Å². The van der Waals surface area contributed by atoms with Crippen LogP contribution in [0.1, 0.15) is 17.3 Å². The van der Waals surface area contributed by atoms with E-state index in [1.165, 1.54) is 0 Å². The number of fused-ring (bicyclic) bond motifs is 1. The van der Waals surface area contributed by atoms with Crippen LogP contribution in [0.2, 0.25) is 0 Å². The number of benzene rings is 2. The molecule has 0 saturated heterocycles. The van der Waals surface area contributed by atoms with E-state index in [2.05, 4.69) is 5.32 Å². The molecule has 4 nitrogen and oxygen atoms in total. The Bertz CT molecular complexity index is 610. The zero-order valence-electron chi connectivity index (χ0n) is 11.7. The molecule has 2 aromatic rings. The van der Waals surface area contributed by atoms with Gasteiger partial charge in [-0.2, -0.15) is 0 Å². The summed E-state index contributed by atoms with van der Waals surface area (Å²) < 4.78 is 5.02. The maximum atomic E-state index is 12.1. The fraction of sp³-hybridized carbons (Fsp3) is 0.312. The van der Waals surface area contributed by atoms with Crippen molar-refractivity contribution in [2.75, 3.05) is 20.3 Å². The number of phenols is 1. The van der Waals surface area contributed by atoms with Gasteiger partial charge in [-0.05, 0) is 17.4 Å². The quantitative estimate of drug-likeness (QED) is 0.880. The molecule has 0 bridgehead atoms. The van der Waals surface area contributed by atoms with Gasteiger partial charge >= 0.3 is 0 Å². The normalized spacial score (nSPS) is 12.3. The summed E-state index contributed by atoms with van der Waals surface area (Å²) in [5, 5.41) is 14.6. The first-order valence-corrected chi connectivity index (χ1v) is 6.61. The molecule has 20 heavy (non-hydrogen) atoms. The number of ether oxygens (including phenoxy) is 1. The molecule has 0 spiro atoms. The first-order valence-electron chi connectivity index (χ1n) is 6.61. The van der Waals surface area contributed by atoms with Gasteiger partial charge in [0.25, 0.3) is 5.91 Å². The summed E-state index contributed by atoms with van der Waals surface area (Å²) in [6, 6.07) is 10.9. The van der Waals surface area contributed by atoms with E-state index in [9.17, 15) is 9.90 Å². The fourth-order valence-corrected chi connectivity index (χ4v) is 2.14. The summed E-state index contributed by atoms with van der Waals surface area (Å²) in [6.45, 7) is 3.09. The van der Waals surface area contributed by atoms with Crippen molar-refractivity contribution in [3.63, 3.8) is 0 Å². The molecule has 0 aliphatic heterocycles. The van der Waals surface area contributed by atoms with E-state index in [1.807, 2.05) is 31.2 Å². The largest absolute Gasteiger partial charge is 0.506 e. The second kappa shape index (κ2) is 6.39. The Morgan fingerprint density at radius 1 is 1.30 bits per heavy atom. The minimum absolute atomic E-state index is 0.0278. The van der Waals surface area contributed by atoms with Crippen LogP contribution in [0.3, 0.4) is 0 Å². The summed E-state index contributed by atoms with van der Waals surface area (Å²) in [4.78, 5) is 12.1. The maximum absolute atomic E-state index is 12.1. The van der Waals surface area contributed by atoms with Crippen LogP contribution >= 0.6 is 0 Å². The lowest BCUT2D eigenvalue weighted by Crippen LogP contribution is -2.29. The minimum Gasteiger partial charge on any atom is -0.506 e. The molecule has 0 saturated carbocycles. The van der Waals surface area contributed by atoms with Gasteiger partial charge in [0.2, 0.25) is 0 Å². The van der Waals surface area contributed by atoms with Crippen LogP contribution in [0.5, 0.6) is 5.75 Å². The number of carbonyl (C=O) groups is 1. The molecule has 1 unspecified atom stereocenters. The molecule has 0 heterocycles. The third-order valence-corrected chi connectivity index (χ3v) is 3.21. The molecule has 0 radical (unpaired) electrons. The number of amides is 1. The highest BCUT2D eigenvalue weighted by Crippen LogP contribution is 2.28. The Hall–Kier alpha value is -2.07. The highest BCUT2D eigenvalue weighted by Gasteiger charge is 2.14. The van der Waals surface area contributed by atoms with E-state index < -0.39 is 0 Å². The Balaban J connectivity index is 2.16. The van der Waals surface area contributed by atoms with Crippen molar-refractivity contribution in [3.05, 3.63) is 42.0 Å². The van der Waals surface area contributed by atoms with Crippen LogP contribution < -0.4 is 5.32 Å². The molecule has 0 aliphatic carbocycles. The van der Waals surface area contributed by atoms with E-state index in [4.69, 9.17) is 4.74 Å². The summed E-state index contributed by atoms with van der Waals surface area (Å²) >= 11 is 0. The van der Waals surface area contributed by atoms with Crippen LogP contribution in [-0.4, -0.2) is 31.3 Å². The van der Waals surface area contributed by atoms with Crippen molar-refractivity contribution >= 4 is 16.7 Å². The Labute approximate surface area is 118 Å². The van der Waals surface area contributed by atoms with Gasteiger partial charge < -0.3 is 15.2 Å². The minimum atomic E-state index is -0.267. The van der Waals surface area contributed by atoms with Crippen molar-refractivity contribution in [1.82, 2.24) is 5.32 Å². The van der Waals surface area contributed by atoms with Crippen LogP contribution in [0.25, 0.3) is 10.8 Å². The molecule has 4 heteroatoms. The van der Waals surface area contributed by atoms with E-state index in [1.54, 1.807) is 19.2 Å². The second-order valence-corrected chi connectivity index (χ2v) is 4.95. The highest BCUT2D eigenvalue weighted by atomic mass is 16.5. The van der Waals surface area contributed by atoms with Gasteiger partial charge in [-0.15, -0.1) is 0 Å². The highest BCUT2D eigenvalue weighted by molar-refractivity contribution is 6.03. The van der Waals surface area contributed by atoms with Gasteiger partial charge in [-0.3, -0.25) is 4.79 Å². The molecule has 0 aromatic heterocycles. The average molecular weight is 273 g/mol. The van der Waals surface area contributed by atoms with Crippen LogP contribution in [-0.2, 0) is 4.74 Å². The molecule has 1 amide bonds. The van der Waals surface area contributed by atoms with Gasteiger partial charge in [-0.1, -0.05) is 37.3 Å². The molecule has 0 aliphatic rings. The molecule has 2 N–H and O–H groups in total. The molecular weight excluding hydrogens is 254 g/mol. The standard InChI is InChI=1S/C16H19NO3/c1-11(10-20-2)9-17-16(19)14-8-7-12-5-3-4-6-13(12)15(14)18/h3-8,11,18H,9-10H2,1-2H3,(H,17,19). The number of nitrogens with one attached hydrogen (secondary N) is 1. The monoisotopic (exact) mass is 273 g/mol. The van der Waals surface area contributed by atoms with Crippen LogP contribution in [0.4, 0.5) is 0 Å².